The van der Waals surface area contributed by atoms with Crippen molar-refractivity contribution in [2.45, 2.75) is 17.5 Å². The third kappa shape index (κ3) is 18.8. The molecule has 1 aliphatic rings. The van der Waals surface area contributed by atoms with Crippen molar-refractivity contribution < 1.29 is 35.0 Å². The molecule has 0 spiro atoms. The number of nitrogen functional groups attached to an aromatic ring is 1. The lowest BCUT2D eigenvalue weighted by Crippen LogP contribution is -2.23. The molecular formula is C25H25Br6Cl4N5O7. The first kappa shape index (κ1) is 50.8. The van der Waals surface area contributed by atoms with Gasteiger partial charge in [-0.25, -0.2) is 5.90 Å². The van der Waals surface area contributed by atoms with Crippen LogP contribution in [0.1, 0.15) is 17.8 Å². The minimum absolute atomic E-state index is 0. The molecule has 262 valence electrons. The topological polar surface area (TPSA) is 221 Å². The fourth-order valence-electron chi connectivity index (χ4n) is 2.51. The van der Waals surface area contributed by atoms with Crippen molar-refractivity contribution in [3.8, 4) is 0 Å². The van der Waals surface area contributed by atoms with Crippen molar-refractivity contribution in [2.24, 2.45) is 11.1 Å². The van der Waals surface area contributed by atoms with Gasteiger partial charge in [-0.3, -0.25) is 14.4 Å². The number of benzene rings is 3. The summed E-state index contributed by atoms with van der Waals surface area (Å²) in [5.41, 5.74) is 7.85. The van der Waals surface area contributed by atoms with Gasteiger partial charge in [-0.15, -0.1) is 12.4 Å². The average molecular weight is 1130 g/mol. The third-order valence-corrected chi connectivity index (χ3v) is 8.69. The standard InChI is InChI=1S/C8H6Br2N2O2.C8H3Br2NO2.C6H5Br2N.C2H3Cl3O2.CH4.ClH.H3NO/c9-5-1-2-6(10)7(3-5)12-8(13)4-11-14;9-3-1-2-4(10)6-5(3)7(12)8(13)11-6;7-4-1-2-5(8)6(9)3-4;3-2(4,5)1(6)7;;;1-2/h1-4,14H,(H,12,13);1-2H,(H,11,12,13);1-3H,9H2;1,6-7H;1H4;1H;2H,1H2/b11-4+;;;;;;. The number of amides is 2. The fraction of sp³-hybridized carbons (Fsp3) is 0.120. The molecule has 12 nitrogen and oxygen atoms in total. The van der Waals surface area contributed by atoms with Crippen molar-refractivity contribution in [1.29, 1.82) is 0 Å². The van der Waals surface area contributed by atoms with Crippen LogP contribution in [0.4, 0.5) is 17.1 Å². The number of Topliss-reactive ketones (excluding diaryl/α,β-unsaturated/α-hetero) is 1. The number of hydrogen-bond acceptors (Lipinski definition) is 10. The van der Waals surface area contributed by atoms with Crippen molar-refractivity contribution >= 4 is 184 Å². The summed E-state index contributed by atoms with van der Waals surface area (Å²) in [5.74, 6) is 1.93. The molecule has 0 bridgehead atoms. The number of nitrogens with two attached hydrogens (primary N) is 2. The van der Waals surface area contributed by atoms with Gasteiger partial charge in [0.25, 0.3) is 17.6 Å². The Balaban J connectivity index is -0.000000548. The number of anilines is 3. The Kier molecular flexibility index (Phi) is 27.4. The molecule has 0 aromatic heterocycles. The van der Waals surface area contributed by atoms with Crippen molar-refractivity contribution in [3.05, 3.63) is 80.9 Å². The van der Waals surface area contributed by atoms with Gasteiger partial charge in [-0.2, -0.15) is 0 Å². The Bertz CT molecular complexity index is 1520. The summed E-state index contributed by atoms with van der Waals surface area (Å²) in [6, 6.07) is 14.5. The van der Waals surface area contributed by atoms with Crippen LogP contribution < -0.4 is 22.3 Å². The summed E-state index contributed by atoms with van der Waals surface area (Å²) < 4.78 is 2.91. The lowest BCUT2D eigenvalue weighted by Gasteiger charge is -2.10. The Hall–Kier alpha value is -0.580. The first-order chi connectivity index (χ1) is 20.9. The number of oxime groups is 1. The summed E-state index contributed by atoms with van der Waals surface area (Å²) in [4.78, 5) is 33.4. The molecule has 3 aromatic rings. The zero-order valence-corrected chi connectivity index (χ0v) is 34.8. The number of rotatable bonds is 2. The van der Waals surface area contributed by atoms with E-state index < -0.39 is 27.7 Å². The van der Waals surface area contributed by atoms with E-state index >= 15 is 0 Å². The number of carbonyl (C=O) groups is 3. The third-order valence-electron chi connectivity index (χ3n) is 4.39. The fourth-order valence-corrected chi connectivity index (χ4v) is 4.78. The van der Waals surface area contributed by atoms with Gasteiger partial charge in [0.2, 0.25) is 3.79 Å². The van der Waals surface area contributed by atoms with E-state index in [2.05, 4.69) is 117 Å². The molecule has 1 heterocycles. The van der Waals surface area contributed by atoms with Crippen LogP contribution in [0.5, 0.6) is 0 Å². The predicted octanol–water partition coefficient (Wildman–Crippen LogP) is 8.81. The molecule has 10 N–H and O–H groups in total. The van der Waals surface area contributed by atoms with E-state index in [-0.39, 0.29) is 19.8 Å². The van der Waals surface area contributed by atoms with Crippen LogP contribution in [-0.4, -0.2) is 54.5 Å². The summed E-state index contributed by atoms with van der Waals surface area (Å²) in [7, 11) is 0. The van der Waals surface area contributed by atoms with E-state index in [0.717, 1.165) is 29.8 Å². The van der Waals surface area contributed by atoms with Crippen LogP contribution >= 0.6 is 143 Å². The van der Waals surface area contributed by atoms with Gasteiger partial charge < -0.3 is 37.0 Å². The lowest BCUT2D eigenvalue weighted by molar-refractivity contribution is -0.112. The van der Waals surface area contributed by atoms with E-state index in [1.807, 2.05) is 24.3 Å². The molecule has 3 aromatic carbocycles. The predicted molar refractivity (Wildman–Crippen MR) is 210 cm³/mol. The number of aliphatic hydroxyl groups excluding tert-OH is 1. The Morgan fingerprint density at radius 2 is 1.32 bits per heavy atom. The molecule has 4 rings (SSSR count). The molecule has 22 heteroatoms. The highest BCUT2D eigenvalue weighted by Gasteiger charge is 2.31. The maximum absolute atomic E-state index is 11.3. The highest BCUT2D eigenvalue weighted by atomic mass is 79.9. The second-order valence-corrected chi connectivity index (χ2v) is 15.1. The molecular weight excluding hydrogens is 1100 g/mol. The smallest absolute Gasteiger partial charge is 0.296 e. The number of hydrogen-bond donors (Lipinski definition) is 8. The molecule has 0 aliphatic carbocycles. The lowest BCUT2D eigenvalue weighted by atomic mass is 10.1. The summed E-state index contributed by atoms with van der Waals surface area (Å²) in [5, 5.41) is 38.4. The van der Waals surface area contributed by atoms with Crippen molar-refractivity contribution in [2.75, 3.05) is 16.4 Å². The molecule has 0 unspecified atom stereocenters. The first-order valence-electron chi connectivity index (χ1n) is 11.0. The average Bonchev–Trinajstić information content (AvgIpc) is 3.27. The van der Waals surface area contributed by atoms with E-state index in [1.54, 1.807) is 24.3 Å². The SMILES string of the molecule is C.Cl.NO.Nc1cc(Br)ccc1Br.O=C(/C=N/O)Nc1cc(Br)ccc1Br.O=C1Nc2c(Br)ccc(Br)c2C1=O.OC(O)C(Cl)(Cl)Cl. The Morgan fingerprint density at radius 1 is 0.872 bits per heavy atom. The van der Waals surface area contributed by atoms with Crippen LogP contribution in [0.15, 0.2) is 80.5 Å². The van der Waals surface area contributed by atoms with Gasteiger partial charge in [0.05, 0.1) is 16.9 Å². The number of halogens is 10. The van der Waals surface area contributed by atoms with E-state index in [0.29, 0.717) is 25.9 Å². The minimum atomic E-state index is -1.97. The van der Waals surface area contributed by atoms with Crippen LogP contribution in [0.25, 0.3) is 0 Å². The number of nitrogens with one attached hydrogen (secondary N) is 2. The minimum Gasteiger partial charge on any atom is -0.411 e. The Labute approximate surface area is 341 Å². The molecule has 0 saturated carbocycles. The Morgan fingerprint density at radius 3 is 1.74 bits per heavy atom. The van der Waals surface area contributed by atoms with Gasteiger partial charge in [0.1, 0.15) is 6.21 Å². The molecule has 47 heavy (non-hydrogen) atoms. The monoisotopic (exact) mass is 1120 g/mol. The first-order valence-corrected chi connectivity index (χ1v) is 16.9. The zero-order valence-electron chi connectivity index (χ0n) is 22.2. The highest BCUT2D eigenvalue weighted by molar-refractivity contribution is 9.11. The number of fused-ring (bicyclic) bond motifs is 1. The second kappa shape index (κ2) is 25.4. The zero-order chi connectivity index (χ0) is 35.1. The van der Waals surface area contributed by atoms with Crippen LogP contribution in [0, 0.1) is 0 Å². The van der Waals surface area contributed by atoms with Crippen LogP contribution in [0.2, 0.25) is 0 Å². The summed E-state index contributed by atoms with van der Waals surface area (Å²) >= 11 is 34.3. The normalized spacial score (nSPS) is 10.9. The number of aliphatic hydroxyl groups is 2. The number of ketones is 1. The van der Waals surface area contributed by atoms with Crippen molar-refractivity contribution in [3.63, 3.8) is 0 Å². The molecule has 0 fully saturated rings. The van der Waals surface area contributed by atoms with E-state index in [1.165, 1.54) is 0 Å². The molecule has 0 saturated heterocycles. The second-order valence-electron chi connectivity index (χ2n) is 7.50. The number of carbonyl (C=O) groups excluding carboxylic acids is 3. The van der Waals surface area contributed by atoms with Gasteiger partial charge >= 0.3 is 0 Å². The highest BCUT2D eigenvalue weighted by Crippen LogP contribution is 2.36. The van der Waals surface area contributed by atoms with E-state index in [4.69, 9.17) is 61.2 Å². The number of alkyl halides is 3. The van der Waals surface area contributed by atoms with Gasteiger partial charge in [0.15, 0.2) is 6.29 Å². The molecule has 1 aliphatic heterocycles. The quantitative estimate of drug-likeness (QED) is 0.0233. The maximum Gasteiger partial charge on any atom is 0.296 e. The van der Waals surface area contributed by atoms with E-state index in [9.17, 15) is 14.4 Å². The summed E-state index contributed by atoms with van der Waals surface area (Å²) in [6.45, 7) is 0. The molecule has 2 amide bonds. The maximum atomic E-state index is 11.3. The largest absolute Gasteiger partial charge is 0.411 e. The summed E-state index contributed by atoms with van der Waals surface area (Å²) in [6.07, 6.45) is -1.12. The van der Waals surface area contributed by atoms with Crippen molar-refractivity contribution in [1.82, 2.24) is 0 Å². The van der Waals surface area contributed by atoms with Gasteiger partial charge in [-0.1, -0.05) is 79.2 Å². The van der Waals surface area contributed by atoms with Gasteiger partial charge in [0, 0.05) is 32.5 Å². The molecule has 0 atom stereocenters. The number of nitrogens with zero attached hydrogens (tertiary/aromatic N) is 1. The molecule has 0 radical (unpaired) electrons. The van der Waals surface area contributed by atoms with Crippen LogP contribution in [0.3, 0.4) is 0 Å². The van der Waals surface area contributed by atoms with Gasteiger partial charge in [-0.05, 0) is 112 Å². The van der Waals surface area contributed by atoms with Crippen LogP contribution in [-0.2, 0) is 9.59 Å².